The van der Waals surface area contributed by atoms with Crippen molar-refractivity contribution in [2.24, 2.45) is 4.99 Å². The number of carboxylic acid groups (broad SMARTS) is 1. The number of thioether (sulfide) groups is 1. The number of hydrogen-bond donors (Lipinski definition) is 1. The first kappa shape index (κ1) is 30.1. The second kappa shape index (κ2) is 12.8. The number of aromatic nitrogens is 1. The number of carboxylic acids is 1. The molecule has 43 heavy (non-hydrogen) atoms. The lowest BCUT2D eigenvalue weighted by molar-refractivity contribution is -0.143. The van der Waals surface area contributed by atoms with Gasteiger partial charge in [0.2, 0.25) is 0 Å². The third kappa shape index (κ3) is 6.65. The number of nitrogens with zero attached hydrogens (tertiary/aromatic N) is 2. The molecule has 0 bridgehead atoms. The van der Waals surface area contributed by atoms with E-state index in [1.54, 1.807) is 73.5 Å². The zero-order valence-corrected chi connectivity index (χ0v) is 25.7. The summed E-state index contributed by atoms with van der Waals surface area (Å²) in [5, 5.41) is 9.20. The van der Waals surface area contributed by atoms with Crippen molar-refractivity contribution in [2.45, 2.75) is 44.4 Å². The normalized spacial score (nSPS) is 14.8. The summed E-state index contributed by atoms with van der Waals surface area (Å²) in [6.07, 6.45) is 3.47. The van der Waals surface area contributed by atoms with Gasteiger partial charge < -0.3 is 14.6 Å². The van der Waals surface area contributed by atoms with Crippen LogP contribution in [0, 0.1) is 0 Å². The van der Waals surface area contributed by atoms with E-state index in [0.717, 1.165) is 21.6 Å². The van der Waals surface area contributed by atoms with Crippen molar-refractivity contribution in [3.63, 3.8) is 0 Å². The lowest BCUT2D eigenvalue weighted by Crippen LogP contribution is -2.40. The monoisotopic (exact) mass is 614 g/mol. The van der Waals surface area contributed by atoms with Crippen molar-refractivity contribution in [3.8, 4) is 5.75 Å². The van der Waals surface area contributed by atoms with Crippen molar-refractivity contribution in [3.05, 3.63) is 126 Å². The standard InChI is InChI=1S/C33H30N2O6S2/c1-19(2)41-32(39)28-20(3)34-33-35(29(28)23-10-14-26(42-4)15-11-23)30(36)27(43-33)17-21-8-12-25(13-9-21)40-18-22-6-5-7-24(16-22)31(37)38/h5-17,19,29H,18H2,1-4H3,(H,37,38)/b27-17-/t29-/m0/s1. The third-order valence-electron chi connectivity index (χ3n) is 6.77. The Morgan fingerprint density at radius 1 is 1.09 bits per heavy atom. The van der Waals surface area contributed by atoms with E-state index >= 15 is 0 Å². The molecule has 10 heteroatoms. The van der Waals surface area contributed by atoms with Gasteiger partial charge in [-0.25, -0.2) is 14.6 Å². The van der Waals surface area contributed by atoms with Gasteiger partial charge in [0.25, 0.3) is 5.56 Å². The Bertz CT molecular complexity index is 1890. The van der Waals surface area contributed by atoms with Crippen LogP contribution >= 0.6 is 23.1 Å². The number of esters is 1. The molecular weight excluding hydrogens is 585 g/mol. The van der Waals surface area contributed by atoms with Crippen LogP contribution in [0.15, 0.2) is 98.7 Å². The van der Waals surface area contributed by atoms with E-state index in [2.05, 4.69) is 4.99 Å². The van der Waals surface area contributed by atoms with Gasteiger partial charge in [0.15, 0.2) is 4.80 Å². The van der Waals surface area contributed by atoms with Crippen molar-refractivity contribution < 1.29 is 24.2 Å². The minimum absolute atomic E-state index is 0.205. The van der Waals surface area contributed by atoms with Gasteiger partial charge in [0, 0.05) is 4.90 Å². The molecule has 0 saturated heterocycles. The van der Waals surface area contributed by atoms with Gasteiger partial charge in [-0.15, -0.1) is 11.8 Å². The first-order chi connectivity index (χ1) is 20.6. The summed E-state index contributed by atoms with van der Waals surface area (Å²) in [4.78, 5) is 44.6. The van der Waals surface area contributed by atoms with Crippen LogP contribution in [0.5, 0.6) is 5.75 Å². The number of carbonyl (C=O) groups is 2. The molecule has 0 aliphatic carbocycles. The van der Waals surface area contributed by atoms with Gasteiger partial charge in [-0.3, -0.25) is 9.36 Å². The maximum Gasteiger partial charge on any atom is 0.338 e. The fourth-order valence-corrected chi connectivity index (χ4v) is 6.19. The molecule has 1 aliphatic heterocycles. The molecule has 1 aromatic heterocycles. The first-order valence-electron chi connectivity index (χ1n) is 13.6. The molecule has 5 rings (SSSR count). The lowest BCUT2D eigenvalue weighted by atomic mass is 9.96. The molecule has 0 saturated carbocycles. The fraction of sp³-hybridized carbons (Fsp3) is 0.212. The number of thiazole rings is 1. The van der Waals surface area contributed by atoms with E-state index in [4.69, 9.17) is 9.47 Å². The van der Waals surface area contributed by atoms with Crippen LogP contribution in [0.1, 0.15) is 53.9 Å². The maximum atomic E-state index is 13.9. The van der Waals surface area contributed by atoms with Gasteiger partial charge in [-0.1, -0.05) is 47.7 Å². The Hall–Kier alpha value is -4.41. The third-order valence-corrected chi connectivity index (χ3v) is 8.50. The van der Waals surface area contributed by atoms with E-state index in [0.29, 0.717) is 26.4 Å². The predicted molar refractivity (Wildman–Crippen MR) is 167 cm³/mol. The molecule has 3 aromatic carbocycles. The molecule has 0 radical (unpaired) electrons. The van der Waals surface area contributed by atoms with Gasteiger partial charge in [0.1, 0.15) is 12.4 Å². The van der Waals surface area contributed by atoms with Gasteiger partial charge in [0.05, 0.1) is 33.5 Å². The molecule has 0 spiro atoms. The van der Waals surface area contributed by atoms with Crippen LogP contribution in [0.2, 0.25) is 0 Å². The van der Waals surface area contributed by atoms with E-state index in [-0.39, 0.29) is 23.8 Å². The van der Waals surface area contributed by atoms with E-state index < -0.39 is 18.0 Å². The van der Waals surface area contributed by atoms with Crippen LogP contribution in [0.4, 0.5) is 0 Å². The van der Waals surface area contributed by atoms with Crippen LogP contribution in [-0.2, 0) is 16.1 Å². The Kier molecular flexibility index (Phi) is 8.98. The van der Waals surface area contributed by atoms with Crippen molar-refractivity contribution in [2.75, 3.05) is 6.26 Å². The quantitative estimate of drug-likeness (QED) is 0.204. The van der Waals surface area contributed by atoms with Gasteiger partial charge in [-0.05, 0) is 86.2 Å². The van der Waals surface area contributed by atoms with Gasteiger partial charge >= 0.3 is 11.9 Å². The summed E-state index contributed by atoms with van der Waals surface area (Å²) < 4.78 is 13.5. The largest absolute Gasteiger partial charge is 0.489 e. The highest BCUT2D eigenvalue weighted by Gasteiger charge is 2.33. The van der Waals surface area contributed by atoms with E-state index in [1.165, 1.54) is 17.4 Å². The highest BCUT2D eigenvalue weighted by molar-refractivity contribution is 7.98. The number of hydrogen-bond acceptors (Lipinski definition) is 8. The molecule has 1 N–H and O–H groups in total. The molecule has 1 atom stereocenters. The second-order valence-electron chi connectivity index (χ2n) is 10.2. The van der Waals surface area contributed by atoms with Crippen LogP contribution in [-0.4, -0.2) is 34.0 Å². The molecule has 0 fully saturated rings. The topological polar surface area (TPSA) is 107 Å². The summed E-state index contributed by atoms with van der Waals surface area (Å²) in [5.41, 5.74) is 3.16. The minimum Gasteiger partial charge on any atom is -0.489 e. The lowest BCUT2D eigenvalue weighted by Gasteiger charge is -2.25. The SMILES string of the molecule is CSc1ccc([C@H]2C(C(=O)OC(C)C)=C(C)N=c3s/c(=C\c4ccc(OCc5cccc(C(=O)O)c5)cc4)c(=O)n32)cc1. The van der Waals surface area contributed by atoms with Crippen molar-refractivity contribution in [1.29, 1.82) is 0 Å². The van der Waals surface area contributed by atoms with E-state index in [1.807, 2.05) is 42.7 Å². The van der Waals surface area contributed by atoms with Crippen LogP contribution < -0.4 is 19.6 Å². The molecule has 4 aromatic rings. The van der Waals surface area contributed by atoms with Crippen LogP contribution in [0.25, 0.3) is 6.08 Å². The maximum absolute atomic E-state index is 13.9. The number of aromatic carboxylic acids is 1. The molecule has 220 valence electrons. The number of benzene rings is 3. The molecule has 1 aliphatic rings. The molecule has 0 amide bonds. The van der Waals surface area contributed by atoms with Crippen LogP contribution in [0.3, 0.4) is 0 Å². The smallest absolute Gasteiger partial charge is 0.338 e. The second-order valence-corrected chi connectivity index (χ2v) is 12.1. The number of carbonyl (C=O) groups excluding carboxylic acids is 1. The number of ether oxygens (including phenoxy) is 2. The Morgan fingerprint density at radius 2 is 1.81 bits per heavy atom. The Balaban J connectivity index is 1.47. The zero-order chi connectivity index (χ0) is 30.7. The number of rotatable bonds is 9. The minimum atomic E-state index is -0.988. The summed E-state index contributed by atoms with van der Waals surface area (Å²) >= 11 is 2.88. The summed E-state index contributed by atoms with van der Waals surface area (Å²) in [7, 11) is 0. The Labute approximate surface area is 256 Å². The van der Waals surface area contributed by atoms with E-state index in [9.17, 15) is 19.5 Å². The fourth-order valence-electron chi connectivity index (χ4n) is 4.73. The molecular formula is C33H30N2O6S2. The first-order valence-corrected chi connectivity index (χ1v) is 15.6. The summed E-state index contributed by atoms with van der Waals surface area (Å²) in [5.74, 6) is -0.870. The number of fused-ring (bicyclic) bond motifs is 1. The van der Waals surface area contributed by atoms with Gasteiger partial charge in [-0.2, -0.15) is 0 Å². The Morgan fingerprint density at radius 3 is 2.47 bits per heavy atom. The summed E-state index contributed by atoms with van der Waals surface area (Å²) in [6, 6.07) is 21.0. The summed E-state index contributed by atoms with van der Waals surface area (Å²) in [6.45, 7) is 5.57. The molecule has 2 heterocycles. The highest BCUT2D eigenvalue weighted by atomic mass is 32.2. The average Bonchev–Trinajstić information content (AvgIpc) is 3.29. The zero-order valence-electron chi connectivity index (χ0n) is 24.1. The molecule has 8 nitrogen and oxygen atoms in total. The average molecular weight is 615 g/mol. The highest BCUT2D eigenvalue weighted by Crippen LogP contribution is 2.32. The molecule has 0 unspecified atom stereocenters. The van der Waals surface area contributed by atoms with Crippen molar-refractivity contribution in [1.82, 2.24) is 4.57 Å². The predicted octanol–water partition coefficient (Wildman–Crippen LogP) is 5.19. The number of allylic oxidation sites excluding steroid dienone is 1. The van der Waals surface area contributed by atoms with Crippen molar-refractivity contribution >= 4 is 41.1 Å².